The van der Waals surface area contributed by atoms with Gasteiger partial charge in [-0.3, -0.25) is 9.78 Å². The molecule has 0 aliphatic carbocycles. The third kappa shape index (κ3) is 1.21. The molecule has 0 unspecified atom stereocenters. The third-order valence-corrected chi connectivity index (χ3v) is 2.46. The van der Waals surface area contributed by atoms with E-state index in [1.165, 1.54) is 11.8 Å². The van der Waals surface area contributed by atoms with Gasteiger partial charge in [-0.15, -0.1) is 11.8 Å². The van der Waals surface area contributed by atoms with Gasteiger partial charge in [0, 0.05) is 17.3 Å². The molecular weight excluding hydrogens is 160 g/mol. The first-order valence-corrected chi connectivity index (χ1v) is 4.21. The predicted octanol–water partition coefficient (Wildman–Crippen LogP) is 1.13. The summed E-state index contributed by atoms with van der Waals surface area (Å²) < 4.78 is 0. The summed E-state index contributed by atoms with van der Waals surface area (Å²) in [7, 11) is 0. The van der Waals surface area contributed by atoms with Crippen molar-refractivity contribution in [3.63, 3.8) is 0 Å². The lowest BCUT2D eigenvalue weighted by Crippen LogP contribution is -2.18. The minimum absolute atomic E-state index is 0.0636. The highest BCUT2D eigenvalue weighted by molar-refractivity contribution is 8.00. The van der Waals surface area contributed by atoms with Gasteiger partial charge in [0.05, 0.1) is 11.4 Å². The molecule has 0 bridgehead atoms. The monoisotopic (exact) mass is 166 g/mol. The Bertz CT molecular complexity index is 300. The smallest absolute Gasteiger partial charge is 0.234 e. The Morgan fingerprint density at radius 1 is 1.64 bits per heavy atom. The van der Waals surface area contributed by atoms with Crippen molar-refractivity contribution in [3.05, 3.63) is 18.5 Å². The molecule has 1 aliphatic heterocycles. The molecule has 56 valence electrons. The van der Waals surface area contributed by atoms with Gasteiger partial charge in [-0.25, -0.2) is 0 Å². The molecule has 1 aromatic rings. The van der Waals surface area contributed by atoms with Crippen LogP contribution < -0.4 is 5.32 Å². The highest BCUT2D eigenvalue weighted by Gasteiger charge is 2.13. The number of hydrogen-bond acceptors (Lipinski definition) is 3. The van der Waals surface area contributed by atoms with Gasteiger partial charge >= 0.3 is 0 Å². The number of amides is 1. The van der Waals surface area contributed by atoms with Gasteiger partial charge < -0.3 is 5.32 Å². The van der Waals surface area contributed by atoms with Crippen molar-refractivity contribution < 1.29 is 4.79 Å². The summed E-state index contributed by atoms with van der Waals surface area (Å²) in [5.74, 6) is 0.562. The highest BCUT2D eigenvalue weighted by Crippen LogP contribution is 2.29. The summed E-state index contributed by atoms with van der Waals surface area (Å²) >= 11 is 1.52. The van der Waals surface area contributed by atoms with Crippen LogP contribution in [0.1, 0.15) is 0 Å². The second-order valence-corrected chi connectivity index (χ2v) is 3.23. The van der Waals surface area contributed by atoms with Gasteiger partial charge in [0.25, 0.3) is 0 Å². The van der Waals surface area contributed by atoms with Crippen molar-refractivity contribution in [3.8, 4) is 0 Å². The fourth-order valence-corrected chi connectivity index (χ4v) is 1.70. The minimum atomic E-state index is 0.0636. The SMILES string of the molecule is O=C1CSc2cnccc2N1. The molecule has 0 spiro atoms. The standard InChI is InChI=1S/C7H6N2OS/c10-7-4-11-6-3-8-2-1-5(6)9-7/h1-3H,4H2,(H,9,10). The van der Waals surface area contributed by atoms with Crippen LogP contribution in [0.25, 0.3) is 0 Å². The number of hydrogen-bond donors (Lipinski definition) is 1. The second kappa shape index (κ2) is 2.54. The Balaban J connectivity index is 2.41. The normalized spacial score (nSPS) is 15.5. The summed E-state index contributed by atoms with van der Waals surface area (Å²) in [4.78, 5) is 15.9. The molecule has 11 heavy (non-hydrogen) atoms. The van der Waals surface area contributed by atoms with E-state index in [0.717, 1.165) is 10.6 Å². The van der Waals surface area contributed by atoms with Gasteiger partial charge in [-0.2, -0.15) is 0 Å². The fourth-order valence-electron chi connectivity index (χ4n) is 0.928. The molecule has 0 aromatic carbocycles. The summed E-state index contributed by atoms with van der Waals surface area (Å²) in [6, 6.07) is 1.80. The van der Waals surface area contributed by atoms with E-state index in [0.29, 0.717) is 5.75 Å². The first-order chi connectivity index (χ1) is 5.36. The molecule has 1 aromatic heterocycles. The summed E-state index contributed by atoms with van der Waals surface area (Å²) in [6.07, 6.45) is 3.43. The number of thioether (sulfide) groups is 1. The molecule has 3 nitrogen and oxygen atoms in total. The number of fused-ring (bicyclic) bond motifs is 1. The van der Waals surface area contributed by atoms with E-state index in [4.69, 9.17) is 0 Å². The van der Waals surface area contributed by atoms with Crippen LogP contribution in [-0.4, -0.2) is 16.6 Å². The third-order valence-electron chi connectivity index (χ3n) is 1.42. The van der Waals surface area contributed by atoms with E-state index in [-0.39, 0.29) is 5.91 Å². The molecule has 4 heteroatoms. The molecular formula is C7H6N2OS. The Kier molecular flexibility index (Phi) is 1.54. The number of anilines is 1. The molecule has 0 saturated heterocycles. The molecule has 2 rings (SSSR count). The Morgan fingerprint density at radius 2 is 2.55 bits per heavy atom. The maximum atomic E-state index is 10.9. The number of nitrogens with one attached hydrogen (secondary N) is 1. The van der Waals surface area contributed by atoms with Crippen molar-refractivity contribution in [1.82, 2.24) is 4.98 Å². The van der Waals surface area contributed by atoms with Crippen LogP contribution in [0.2, 0.25) is 0 Å². The van der Waals surface area contributed by atoms with E-state index in [1.54, 1.807) is 18.5 Å². The van der Waals surface area contributed by atoms with Crippen molar-refractivity contribution in [2.75, 3.05) is 11.1 Å². The average Bonchev–Trinajstić information content (AvgIpc) is 2.04. The average molecular weight is 166 g/mol. The van der Waals surface area contributed by atoms with Crippen LogP contribution in [0.5, 0.6) is 0 Å². The Labute approximate surface area is 68.2 Å². The summed E-state index contributed by atoms with van der Waals surface area (Å²) in [5.41, 5.74) is 0.876. The lowest BCUT2D eigenvalue weighted by atomic mass is 10.4. The van der Waals surface area contributed by atoms with Crippen LogP contribution in [-0.2, 0) is 4.79 Å². The van der Waals surface area contributed by atoms with Gasteiger partial charge in [0.1, 0.15) is 0 Å². The topological polar surface area (TPSA) is 42.0 Å². The van der Waals surface area contributed by atoms with Crippen LogP contribution >= 0.6 is 11.8 Å². The molecule has 1 N–H and O–H groups in total. The lowest BCUT2D eigenvalue weighted by Gasteiger charge is -2.14. The largest absolute Gasteiger partial charge is 0.324 e. The van der Waals surface area contributed by atoms with Crippen LogP contribution in [0.4, 0.5) is 5.69 Å². The first kappa shape index (κ1) is 6.67. The number of carbonyl (C=O) groups is 1. The minimum Gasteiger partial charge on any atom is -0.324 e. The van der Waals surface area contributed by atoms with Crippen LogP contribution in [0.15, 0.2) is 23.4 Å². The van der Waals surface area contributed by atoms with Gasteiger partial charge in [-0.1, -0.05) is 0 Å². The van der Waals surface area contributed by atoms with E-state index in [1.807, 2.05) is 0 Å². The number of pyridine rings is 1. The molecule has 1 amide bonds. The fraction of sp³-hybridized carbons (Fsp3) is 0.143. The van der Waals surface area contributed by atoms with Gasteiger partial charge in [0.15, 0.2) is 0 Å². The van der Waals surface area contributed by atoms with E-state index >= 15 is 0 Å². The molecule has 0 saturated carbocycles. The number of nitrogens with zero attached hydrogens (tertiary/aromatic N) is 1. The van der Waals surface area contributed by atoms with E-state index in [9.17, 15) is 4.79 Å². The zero-order chi connectivity index (χ0) is 7.68. The van der Waals surface area contributed by atoms with E-state index < -0.39 is 0 Å². The van der Waals surface area contributed by atoms with Crippen LogP contribution in [0, 0.1) is 0 Å². The van der Waals surface area contributed by atoms with Gasteiger partial charge in [-0.05, 0) is 6.07 Å². The zero-order valence-corrected chi connectivity index (χ0v) is 6.52. The van der Waals surface area contributed by atoms with Crippen LogP contribution in [0.3, 0.4) is 0 Å². The predicted molar refractivity (Wildman–Crippen MR) is 43.6 cm³/mol. The Hall–Kier alpha value is -1.03. The van der Waals surface area contributed by atoms with Crippen molar-refractivity contribution >= 4 is 23.4 Å². The molecule has 2 heterocycles. The van der Waals surface area contributed by atoms with Crippen molar-refractivity contribution in [2.24, 2.45) is 0 Å². The van der Waals surface area contributed by atoms with Crippen molar-refractivity contribution in [2.45, 2.75) is 4.90 Å². The molecule has 1 aliphatic rings. The second-order valence-electron chi connectivity index (χ2n) is 2.21. The number of rotatable bonds is 0. The quantitative estimate of drug-likeness (QED) is 0.628. The number of aromatic nitrogens is 1. The number of carbonyl (C=O) groups excluding carboxylic acids is 1. The maximum absolute atomic E-state index is 10.9. The van der Waals surface area contributed by atoms with Crippen molar-refractivity contribution in [1.29, 1.82) is 0 Å². The van der Waals surface area contributed by atoms with Gasteiger partial charge in [0.2, 0.25) is 5.91 Å². The lowest BCUT2D eigenvalue weighted by molar-refractivity contribution is -0.113. The first-order valence-electron chi connectivity index (χ1n) is 3.23. The molecule has 0 atom stereocenters. The highest BCUT2D eigenvalue weighted by atomic mass is 32.2. The summed E-state index contributed by atoms with van der Waals surface area (Å²) in [5, 5.41) is 2.76. The maximum Gasteiger partial charge on any atom is 0.234 e. The molecule has 0 fully saturated rings. The van der Waals surface area contributed by atoms with E-state index in [2.05, 4.69) is 10.3 Å². The zero-order valence-electron chi connectivity index (χ0n) is 5.70. The molecule has 0 radical (unpaired) electrons. The Morgan fingerprint density at radius 3 is 3.45 bits per heavy atom. The summed E-state index contributed by atoms with van der Waals surface area (Å²) in [6.45, 7) is 0.